The summed E-state index contributed by atoms with van der Waals surface area (Å²) >= 11 is 3.30. The van der Waals surface area contributed by atoms with Crippen molar-refractivity contribution in [1.82, 2.24) is 5.32 Å². The van der Waals surface area contributed by atoms with Crippen LogP contribution in [0.4, 0.5) is 0 Å². The topological polar surface area (TPSA) is 66.4 Å². The summed E-state index contributed by atoms with van der Waals surface area (Å²) in [5.74, 6) is 0.172. The van der Waals surface area contributed by atoms with Gasteiger partial charge in [-0.2, -0.15) is 11.8 Å². The van der Waals surface area contributed by atoms with Gasteiger partial charge in [-0.25, -0.2) is 4.79 Å². The number of rotatable bonds is 6. The number of carboxylic acid groups (broad SMARTS) is 1. The van der Waals surface area contributed by atoms with Crippen molar-refractivity contribution >= 4 is 45.1 Å². The Morgan fingerprint density at radius 3 is 2.87 bits per heavy atom. The van der Waals surface area contributed by atoms with E-state index in [9.17, 15) is 14.7 Å². The lowest BCUT2D eigenvalue weighted by Crippen LogP contribution is -2.54. The molecule has 2 N–H and O–H groups in total. The minimum atomic E-state index is -1.06. The van der Waals surface area contributed by atoms with Crippen LogP contribution < -0.4 is 5.32 Å². The molecule has 1 amide bonds. The van der Waals surface area contributed by atoms with Crippen LogP contribution in [0.15, 0.2) is 29.6 Å². The highest BCUT2D eigenvalue weighted by atomic mass is 32.2. The highest BCUT2D eigenvalue weighted by molar-refractivity contribution is 7.99. The third kappa shape index (κ3) is 3.53. The van der Waals surface area contributed by atoms with E-state index in [2.05, 4.69) is 22.8 Å². The zero-order valence-corrected chi connectivity index (χ0v) is 14.3. The Kier molecular flexibility index (Phi) is 4.92. The van der Waals surface area contributed by atoms with Gasteiger partial charge in [0.05, 0.1) is 0 Å². The van der Waals surface area contributed by atoms with Gasteiger partial charge in [0, 0.05) is 16.9 Å². The average Bonchev–Trinajstić information content (AvgIpc) is 3.16. The molecule has 6 heteroatoms. The normalized spacial score (nSPS) is 20.7. The molecule has 0 saturated carbocycles. The molecule has 0 spiro atoms. The predicted octanol–water partition coefficient (Wildman–Crippen LogP) is 3.30. The highest BCUT2D eigenvalue weighted by Crippen LogP contribution is 2.29. The molecule has 1 saturated heterocycles. The highest BCUT2D eigenvalue weighted by Gasteiger charge is 2.43. The summed E-state index contributed by atoms with van der Waals surface area (Å²) in [6.45, 7) is 0. The molecule has 122 valence electrons. The quantitative estimate of drug-likeness (QED) is 0.840. The second-order valence-corrected chi connectivity index (χ2v) is 7.87. The summed E-state index contributed by atoms with van der Waals surface area (Å²) in [5, 5.41) is 15.5. The lowest BCUT2D eigenvalue weighted by Gasteiger charge is -2.24. The van der Waals surface area contributed by atoms with E-state index in [1.54, 1.807) is 23.1 Å². The Labute approximate surface area is 143 Å². The summed E-state index contributed by atoms with van der Waals surface area (Å²) in [6.07, 6.45) is 2.44. The fourth-order valence-corrected chi connectivity index (χ4v) is 5.20. The summed E-state index contributed by atoms with van der Waals surface area (Å²) in [7, 11) is 0. The molecule has 1 fully saturated rings. The maximum absolute atomic E-state index is 12.1. The van der Waals surface area contributed by atoms with E-state index in [0.29, 0.717) is 18.6 Å². The second-order valence-electron chi connectivity index (χ2n) is 5.85. The fourth-order valence-electron chi connectivity index (χ4n) is 2.88. The SMILES string of the molecule is O=C(CCCc1csc2ccccc12)NC1(C(=O)O)CCSC1. The second kappa shape index (κ2) is 6.93. The number of hydrogen-bond acceptors (Lipinski definition) is 4. The van der Waals surface area contributed by atoms with Crippen LogP contribution >= 0.6 is 23.1 Å². The van der Waals surface area contributed by atoms with Crippen LogP contribution in [0.5, 0.6) is 0 Å². The molecule has 0 aliphatic carbocycles. The van der Waals surface area contributed by atoms with Crippen molar-refractivity contribution in [2.45, 2.75) is 31.2 Å². The monoisotopic (exact) mass is 349 g/mol. The third-order valence-corrected chi connectivity index (χ3v) is 6.42. The third-order valence-electron chi connectivity index (χ3n) is 4.22. The van der Waals surface area contributed by atoms with Crippen LogP contribution in [0, 0.1) is 0 Å². The summed E-state index contributed by atoms with van der Waals surface area (Å²) in [4.78, 5) is 23.6. The first kappa shape index (κ1) is 16.3. The first-order valence-corrected chi connectivity index (χ1v) is 9.71. The van der Waals surface area contributed by atoms with E-state index in [4.69, 9.17) is 0 Å². The number of thioether (sulfide) groups is 1. The van der Waals surface area contributed by atoms with Gasteiger partial charge in [0.1, 0.15) is 5.54 Å². The Hall–Kier alpha value is -1.53. The summed E-state index contributed by atoms with van der Waals surface area (Å²) in [6, 6.07) is 8.27. The van der Waals surface area contributed by atoms with Crippen molar-refractivity contribution in [1.29, 1.82) is 0 Å². The van der Waals surface area contributed by atoms with E-state index in [1.807, 2.05) is 12.1 Å². The first-order valence-electron chi connectivity index (χ1n) is 7.68. The van der Waals surface area contributed by atoms with Gasteiger partial charge >= 0.3 is 5.97 Å². The van der Waals surface area contributed by atoms with Crippen molar-refractivity contribution in [3.63, 3.8) is 0 Å². The van der Waals surface area contributed by atoms with Crippen LogP contribution in [-0.2, 0) is 16.0 Å². The molecule has 2 aromatic rings. The van der Waals surface area contributed by atoms with Gasteiger partial charge in [-0.05, 0) is 47.4 Å². The predicted molar refractivity (Wildman–Crippen MR) is 95.2 cm³/mol. The zero-order valence-electron chi connectivity index (χ0n) is 12.7. The number of thiophene rings is 1. The Morgan fingerprint density at radius 2 is 2.13 bits per heavy atom. The minimum Gasteiger partial charge on any atom is -0.479 e. The van der Waals surface area contributed by atoms with Crippen molar-refractivity contribution in [3.8, 4) is 0 Å². The smallest absolute Gasteiger partial charge is 0.330 e. The number of aliphatic carboxylic acids is 1. The summed E-state index contributed by atoms with van der Waals surface area (Å²) in [5.41, 5.74) is 0.208. The van der Waals surface area contributed by atoms with Gasteiger partial charge in [-0.1, -0.05) is 18.2 Å². The molecule has 1 aliphatic heterocycles. The maximum Gasteiger partial charge on any atom is 0.330 e. The molecule has 4 nitrogen and oxygen atoms in total. The molecular weight excluding hydrogens is 330 g/mol. The summed E-state index contributed by atoms with van der Waals surface area (Å²) < 4.78 is 1.26. The molecule has 2 heterocycles. The average molecular weight is 349 g/mol. The Balaban J connectivity index is 1.54. The Morgan fingerprint density at radius 1 is 1.30 bits per heavy atom. The number of benzene rings is 1. The molecule has 23 heavy (non-hydrogen) atoms. The maximum atomic E-state index is 12.1. The fraction of sp³-hybridized carbons (Fsp3) is 0.412. The van der Waals surface area contributed by atoms with Crippen LogP contribution in [0.1, 0.15) is 24.8 Å². The molecule has 0 radical (unpaired) electrons. The van der Waals surface area contributed by atoms with Crippen molar-refractivity contribution < 1.29 is 14.7 Å². The van der Waals surface area contributed by atoms with E-state index in [1.165, 1.54) is 15.6 Å². The van der Waals surface area contributed by atoms with Gasteiger partial charge in [0.15, 0.2) is 0 Å². The Bertz CT molecular complexity index is 719. The van der Waals surface area contributed by atoms with Gasteiger partial charge in [-0.15, -0.1) is 11.3 Å². The van der Waals surface area contributed by atoms with Crippen molar-refractivity contribution in [2.75, 3.05) is 11.5 Å². The molecular formula is C17H19NO3S2. The lowest BCUT2D eigenvalue weighted by atomic mass is 9.98. The largest absolute Gasteiger partial charge is 0.479 e. The van der Waals surface area contributed by atoms with Crippen molar-refractivity contribution in [2.24, 2.45) is 0 Å². The van der Waals surface area contributed by atoms with Gasteiger partial charge < -0.3 is 10.4 Å². The van der Waals surface area contributed by atoms with Gasteiger partial charge in [-0.3, -0.25) is 4.79 Å². The van der Waals surface area contributed by atoms with Gasteiger partial charge in [0.2, 0.25) is 5.91 Å². The number of nitrogens with one attached hydrogen (secondary N) is 1. The van der Waals surface area contributed by atoms with Gasteiger partial charge in [0.25, 0.3) is 0 Å². The van der Waals surface area contributed by atoms with Crippen LogP contribution in [0.2, 0.25) is 0 Å². The molecule has 1 unspecified atom stereocenters. The van der Waals surface area contributed by atoms with E-state index >= 15 is 0 Å². The number of carbonyl (C=O) groups excluding carboxylic acids is 1. The molecule has 1 aromatic heterocycles. The number of fused-ring (bicyclic) bond motifs is 1. The number of amides is 1. The standard InChI is InChI=1S/C17H19NO3S2/c19-15(18-17(16(20)21)8-9-22-11-17)7-3-4-12-10-23-14-6-2-1-5-13(12)14/h1-2,5-6,10H,3-4,7-9,11H2,(H,18,19)(H,20,21). The van der Waals surface area contributed by atoms with Crippen LogP contribution in [0.25, 0.3) is 10.1 Å². The molecule has 1 atom stereocenters. The zero-order chi connectivity index (χ0) is 16.3. The van der Waals surface area contributed by atoms with Crippen molar-refractivity contribution in [3.05, 3.63) is 35.2 Å². The minimum absolute atomic E-state index is 0.158. The molecule has 0 bridgehead atoms. The number of hydrogen-bond donors (Lipinski definition) is 2. The number of aryl methyl sites for hydroxylation is 1. The number of carbonyl (C=O) groups is 2. The molecule has 1 aliphatic rings. The van der Waals surface area contributed by atoms with E-state index in [0.717, 1.165) is 18.6 Å². The number of carboxylic acids is 1. The molecule has 1 aromatic carbocycles. The van der Waals surface area contributed by atoms with E-state index < -0.39 is 11.5 Å². The van der Waals surface area contributed by atoms with E-state index in [-0.39, 0.29) is 5.91 Å². The molecule has 3 rings (SSSR count). The lowest BCUT2D eigenvalue weighted by molar-refractivity contribution is -0.146. The van der Waals surface area contributed by atoms with Crippen LogP contribution in [0.3, 0.4) is 0 Å². The first-order chi connectivity index (χ1) is 11.1. The van der Waals surface area contributed by atoms with Crippen LogP contribution in [-0.4, -0.2) is 34.0 Å².